The van der Waals surface area contributed by atoms with Crippen LogP contribution in [-0.2, 0) is 10.2 Å². The van der Waals surface area contributed by atoms with Crippen molar-refractivity contribution in [2.24, 2.45) is 17.8 Å². The molecule has 2 aliphatic carbocycles. The van der Waals surface area contributed by atoms with Gasteiger partial charge in [-0.3, -0.25) is 15.2 Å². The number of anilines is 1. The molecule has 5 rings (SSSR count). The lowest BCUT2D eigenvalue weighted by Crippen LogP contribution is -2.51. The lowest BCUT2D eigenvalue weighted by atomic mass is 9.61. The average Bonchev–Trinajstić information content (AvgIpc) is 2.94. The van der Waals surface area contributed by atoms with Crippen LogP contribution in [0.3, 0.4) is 0 Å². The van der Waals surface area contributed by atoms with Crippen molar-refractivity contribution >= 4 is 11.6 Å². The molecule has 4 aliphatic rings. The highest BCUT2D eigenvalue weighted by atomic mass is 16.2. The van der Waals surface area contributed by atoms with Gasteiger partial charge in [-0.1, -0.05) is 30.4 Å². The zero-order chi connectivity index (χ0) is 18.4. The van der Waals surface area contributed by atoms with E-state index in [9.17, 15) is 4.79 Å². The molecule has 2 aliphatic heterocycles. The topological polar surface area (TPSA) is 35.6 Å². The molecule has 4 heteroatoms. The molecule has 1 saturated heterocycles. The molecule has 1 aromatic carbocycles. The average molecular weight is 366 g/mol. The highest BCUT2D eigenvalue weighted by molar-refractivity contribution is 5.77. The van der Waals surface area contributed by atoms with Crippen LogP contribution in [-0.4, -0.2) is 37.0 Å². The summed E-state index contributed by atoms with van der Waals surface area (Å²) in [6, 6.07) is 8.65. The molecule has 1 spiro atoms. The number of para-hydroxylation sites is 1. The Hall–Kier alpha value is -1.81. The number of carbonyl (C=O) groups excluding carboxylic acids is 1. The maximum absolute atomic E-state index is 11.6. The predicted octanol–water partition coefficient (Wildman–Crippen LogP) is 3.49. The van der Waals surface area contributed by atoms with Crippen LogP contribution < -0.4 is 10.4 Å². The van der Waals surface area contributed by atoms with Gasteiger partial charge in [-0.25, -0.2) is 0 Å². The van der Waals surface area contributed by atoms with Gasteiger partial charge in [0.1, 0.15) is 0 Å². The Bertz CT molecular complexity index is 750. The van der Waals surface area contributed by atoms with Crippen LogP contribution >= 0.6 is 0 Å². The molecule has 2 heterocycles. The lowest BCUT2D eigenvalue weighted by molar-refractivity contribution is -0.119. The Morgan fingerprint density at radius 1 is 1.26 bits per heavy atom. The van der Waals surface area contributed by atoms with Crippen molar-refractivity contribution < 1.29 is 4.79 Å². The fourth-order valence-corrected chi connectivity index (χ4v) is 6.12. The zero-order valence-electron chi connectivity index (χ0n) is 16.4. The number of hydrogen-bond acceptors (Lipinski definition) is 3. The molecular formula is C23H31N3O. The van der Waals surface area contributed by atoms with E-state index in [0.29, 0.717) is 0 Å². The molecule has 1 saturated carbocycles. The molecule has 0 aromatic heterocycles. The number of nitrogens with zero attached hydrogens (tertiary/aromatic N) is 2. The van der Waals surface area contributed by atoms with E-state index in [1.165, 1.54) is 63.0 Å². The number of benzene rings is 1. The van der Waals surface area contributed by atoms with Crippen LogP contribution in [0.4, 0.5) is 5.69 Å². The van der Waals surface area contributed by atoms with Gasteiger partial charge in [-0.15, -0.1) is 0 Å². The number of allylic oxidation sites excluding steroid dienone is 2. The predicted molar refractivity (Wildman–Crippen MR) is 108 cm³/mol. The van der Waals surface area contributed by atoms with E-state index < -0.39 is 0 Å². The molecule has 4 nitrogen and oxygen atoms in total. The first-order valence-corrected chi connectivity index (χ1v) is 10.7. The molecule has 27 heavy (non-hydrogen) atoms. The number of amides is 1. The van der Waals surface area contributed by atoms with E-state index in [0.717, 1.165) is 24.3 Å². The van der Waals surface area contributed by atoms with Crippen molar-refractivity contribution in [3.05, 3.63) is 42.0 Å². The highest BCUT2D eigenvalue weighted by Gasteiger charge is 2.46. The molecule has 1 unspecified atom stereocenters. The van der Waals surface area contributed by atoms with E-state index in [-0.39, 0.29) is 11.3 Å². The fraction of sp³-hybridized carbons (Fsp3) is 0.609. The molecule has 2 fully saturated rings. The Morgan fingerprint density at radius 2 is 2.07 bits per heavy atom. The Balaban J connectivity index is 1.25. The maximum atomic E-state index is 11.6. The summed E-state index contributed by atoms with van der Waals surface area (Å²) < 4.78 is 0. The second kappa shape index (κ2) is 6.66. The molecule has 0 radical (unpaired) electrons. The van der Waals surface area contributed by atoms with E-state index >= 15 is 0 Å². The van der Waals surface area contributed by atoms with E-state index in [4.69, 9.17) is 0 Å². The SMILES string of the molecule is CC(=O)NN1CC2(CCN(C[C@H]3CC4CCC=C[C@@H]43)CC2)c2ccccc21. The summed E-state index contributed by atoms with van der Waals surface area (Å²) >= 11 is 0. The van der Waals surface area contributed by atoms with Crippen molar-refractivity contribution in [1.82, 2.24) is 10.3 Å². The van der Waals surface area contributed by atoms with Gasteiger partial charge in [0.05, 0.1) is 5.69 Å². The summed E-state index contributed by atoms with van der Waals surface area (Å²) in [5.41, 5.74) is 5.85. The van der Waals surface area contributed by atoms with Crippen molar-refractivity contribution in [2.75, 3.05) is 31.2 Å². The molecule has 3 atom stereocenters. The van der Waals surface area contributed by atoms with Crippen molar-refractivity contribution in [3.8, 4) is 0 Å². The van der Waals surface area contributed by atoms with Crippen LogP contribution in [0.15, 0.2) is 36.4 Å². The normalized spacial score (nSPS) is 31.3. The summed E-state index contributed by atoms with van der Waals surface area (Å²) in [7, 11) is 0. The molecule has 1 aromatic rings. The number of piperidine rings is 1. The van der Waals surface area contributed by atoms with E-state index in [2.05, 4.69) is 51.8 Å². The van der Waals surface area contributed by atoms with Crippen molar-refractivity contribution in [1.29, 1.82) is 0 Å². The van der Waals surface area contributed by atoms with Gasteiger partial charge in [0, 0.05) is 25.4 Å². The van der Waals surface area contributed by atoms with Gasteiger partial charge in [-0.05, 0) is 74.6 Å². The molecule has 1 amide bonds. The van der Waals surface area contributed by atoms with Gasteiger partial charge < -0.3 is 4.90 Å². The summed E-state index contributed by atoms with van der Waals surface area (Å²) in [5.74, 6) is 2.73. The highest BCUT2D eigenvalue weighted by Crippen LogP contribution is 2.49. The quantitative estimate of drug-likeness (QED) is 0.833. The second-order valence-electron chi connectivity index (χ2n) is 9.19. The van der Waals surface area contributed by atoms with Crippen LogP contribution in [0.25, 0.3) is 0 Å². The Kier molecular flexibility index (Phi) is 4.27. The third-order valence-corrected chi connectivity index (χ3v) is 7.58. The van der Waals surface area contributed by atoms with Crippen LogP contribution in [0.1, 0.15) is 44.6 Å². The number of likely N-dealkylation sites (tertiary alicyclic amines) is 1. The monoisotopic (exact) mass is 365 g/mol. The number of hydrogen-bond donors (Lipinski definition) is 1. The smallest absolute Gasteiger partial charge is 0.235 e. The number of rotatable bonds is 3. The Labute approximate surface area is 162 Å². The lowest BCUT2D eigenvalue weighted by Gasteiger charge is -2.49. The standard InChI is InChI=1S/C23H31N3O/c1-17(27)24-26-16-23(21-8-4-5-9-22(21)26)10-12-25(13-11-23)15-19-14-18-6-2-3-7-20(18)19/h3-5,7-9,18-20H,2,6,10-16H2,1H3,(H,24,27)/t18?,19-,20+/m1/s1. The fourth-order valence-electron chi connectivity index (χ4n) is 6.12. The summed E-state index contributed by atoms with van der Waals surface area (Å²) in [6.45, 7) is 6.15. The summed E-state index contributed by atoms with van der Waals surface area (Å²) in [6.07, 6.45) is 11.4. The minimum atomic E-state index is 0.0133. The van der Waals surface area contributed by atoms with Gasteiger partial charge in [0.15, 0.2) is 0 Å². The Morgan fingerprint density at radius 3 is 2.85 bits per heavy atom. The third kappa shape index (κ3) is 2.98. The van der Waals surface area contributed by atoms with Crippen molar-refractivity contribution in [3.63, 3.8) is 0 Å². The van der Waals surface area contributed by atoms with Crippen LogP contribution in [0.5, 0.6) is 0 Å². The van der Waals surface area contributed by atoms with Crippen LogP contribution in [0, 0.1) is 17.8 Å². The van der Waals surface area contributed by atoms with E-state index in [1.54, 1.807) is 6.92 Å². The first-order valence-electron chi connectivity index (χ1n) is 10.7. The number of fused-ring (bicyclic) bond motifs is 3. The number of carbonyl (C=O) groups is 1. The first-order chi connectivity index (χ1) is 13.1. The number of hydrazine groups is 1. The van der Waals surface area contributed by atoms with Gasteiger partial charge in [0.25, 0.3) is 0 Å². The molecule has 1 N–H and O–H groups in total. The number of nitrogens with one attached hydrogen (secondary N) is 1. The molecule has 0 bridgehead atoms. The second-order valence-corrected chi connectivity index (χ2v) is 9.19. The van der Waals surface area contributed by atoms with Gasteiger partial charge in [-0.2, -0.15) is 0 Å². The molecular weight excluding hydrogens is 334 g/mol. The van der Waals surface area contributed by atoms with Gasteiger partial charge >= 0.3 is 0 Å². The van der Waals surface area contributed by atoms with Gasteiger partial charge in [0.2, 0.25) is 5.91 Å². The molecule has 144 valence electrons. The minimum Gasteiger partial charge on any atom is -0.303 e. The zero-order valence-corrected chi connectivity index (χ0v) is 16.4. The van der Waals surface area contributed by atoms with Crippen LogP contribution in [0.2, 0.25) is 0 Å². The largest absolute Gasteiger partial charge is 0.303 e. The summed E-state index contributed by atoms with van der Waals surface area (Å²) in [5, 5.41) is 2.08. The third-order valence-electron chi connectivity index (χ3n) is 7.58. The minimum absolute atomic E-state index is 0.0133. The summed E-state index contributed by atoms with van der Waals surface area (Å²) in [4.78, 5) is 14.3. The van der Waals surface area contributed by atoms with E-state index in [1.807, 2.05) is 0 Å². The van der Waals surface area contributed by atoms with Crippen molar-refractivity contribution in [2.45, 2.75) is 44.4 Å². The maximum Gasteiger partial charge on any atom is 0.235 e. The first kappa shape index (κ1) is 17.3.